The highest BCUT2D eigenvalue weighted by molar-refractivity contribution is 8.15. The zero-order chi connectivity index (χ0) is 15.9. The number of thioether (sulfide) groups is 1. The van der Waals surface area contributed by atoms with Crippen molar-refractivity contribution in [2.45, 2.75) is 44.9 Å². The monoisotopic (exact) mass is 315 g/mol. The molecule has 1 aromatic rings. The Morgan fingerprint density at radius 2 is 1.91 bits per heavy atom. The van der Waals surface area contributed by atoms with E-state index in [1.54, 1.807) is 11.8 Å². The van der Waals surface area contributed by atoms with Crippen molar-refractivity contribution in [1.29, 1.82) is 0 Å². The maximum atomic E-state index is 12.5. The number of hydrogen-bond donors (Lipinski definition) is 1. The van der Waals surface area contributed by atoms with Gasteiger partial charge in [-0.2, -0.15) is 0 Å². The van der Waals surface area contributed by atoms with Gasteiger partial charge in [0.2, 0.25) is 0 Å². The summed E-state index contributed by atoms with van der Waals surface area (Å²) in [7, 11) is 0. The molecule has 116 valence electrons. The summed E-state index contributed by atoms with van der Waals surface area (Å²) in [5.41, 5.74) is 1.45. The summed E-state index contributed by atoms with van der Waals surface area (Å²) < 4.78 is 0. The third-order valence-electron chi connectivity index (χ3n) is 4.21. The summed E-state index contributed by atoms with van der Waals surface area (Å²) in [5, 5.41) is 11.5. The lowest BCUT2D eigenvalue weighted by Crippen LogP contribution is -2.32. The molecule has 0 aromatic heterocycles. The number of nitrogens with zero attached hydrogens (tertiary/aromatic N) is 1. The SMILES string of the molecule is CC1SC(c2ccccc2)=NC1C1=C(O)CC(C)(C)CC1=O. The van der Waals surface area contributed by atoms with Gasteiger partial charge in [-0.05, 0) is 5.41 Å². The van der Waals surface area contributed by atoms with Gasteiger partial charge in [-0.15, -0.1) is 11.8 Å². The molecule has 2 aliphatic rings. The average Bonchev–Trinajstić information content (AvgIpc) is 2.80. The number of aliphatic imine (C=N–C) groups is 1. The largest absolute Gasteiger partial charge is 0.512 e. The Morgan fingerprint density at radius 3 is 2.55 bits per heavy atom. The Kier molecular flexibility index (Phi) is 3.89. The van der Waals surface area contributed by atoms with Gasteiger partial charge in [-0.1, -0.05) is 51.1 Å². The first-order valence-corrected chi connectivity index (χ1v) is 8.50. The summed E-state index contributed by atoms with van der Waals surface area (Å²) in [5.74, 6) is 0.279. The molecule has 0 radical (unpaired) electrons. The molecule has 0 saturated carbocycles. The van der Waals surface area contributed by atoms with Crippen molar-refractivity contribution in [3.05, 3.63) is 47.2 Å². The van der Waals surface area contributed by atoms with Crippen molar-refractivity contribution in [3.63, 3.8) is 0 Å². The number of hydrogen-bond acceptors (Lipinski definition) is 4. The van der Waals surface area contributed by atoms with E-state index in [4.69, 9.17) is 4.99 Å². The second-order valence-corrected chi connectivity index (χ2v) is 8.24. The number of benzene rings is 1. The van der Waals surface area contributed by atoms with Gasteiger partial charge >= 0.3 is 0 Å². The van der Waals surface area contributed by atoms with Gasteiger partial charge in [0.1, 0.15) is 5.76 Å². The van der Waals surface area contributed by atoms with E-state index in [9.17, 15) is 9.90 Å². The second kappa shape index (κ2) is 5.58. The van der Waals surface area contributed by atoms with Crippen LogP contribution in [0.2, 0.25) is 0 Å². The summed E-state index contributed by atoms with van der Waals surface area (Å²) in [6.45, 7) is 6.11. The number of rotatable bonds is 2. The third kappa shape index (κ3) is 2.84. The average molecular weight is 315 g/mol. The smallest absolute Gasteiger partial charge is 0.164 e. The van der Waals surface area contributed by atoms with Crippen molar-refractivity contribution in [2.75, 3.05) is 0 Å². The van der Waals surface area contributed by atoms with Crippen LogP contribution >= 0.6 is 11.8 Å². The van der Waals surface area contributed by atoms with Gasteiger partial charge in [0, 0.05) is 23.7 Å². The molecule has 22 heavy (non-hydrogen) atoms. The zero-order valence-corrected chi connectivity index (χ0v) is 14.0. The number of ketones is 1. The van der Waals surface area contributed by atoms with Crippen LogP contribution in [0.4, 0.5) is 0 Å². The lowest BCUT2D eigenvalue weighted by molar-refractivity contribution is -0.118. The van der Waals surface area contributed by atoms with E-state index < -0.39 is 0 Å². The van der Waals surface area contributed by atoms with Crippen LogP contribution in [-0.2, 0) is 4.79 Å². The molecule has 0 fully saturated rings. The minimum absolute atomic E-state index is 0.0456. The van der Waals surface area contributed by atoms with Crippen molar-refractivity contribution in [2.24, 2.45) is 10.4 Å². The number of carbonyl (C=O) groups is 1. The van der Waals surface area contributed by atoms with Gasteiger partial charge in [-0.25, -0.2) is 0 Å². The van der Waals surface area contributed by atoms with Crippen LogP contribution in [0.3, 0.4) is 0 Å². The van der Waals surface area contributed by atoms with Crippen LogP contribution in [-0.4, -0.2) is 27.2 Å². The van der Waals surface area contributed by atoms with E-state index in [-0.39, 0.29) is 28.2 Å². The molecule has 1 aromatic carbocycles. The Morgan fingerprint density at radius 1 is 1.23 bits per heavy atom. The standard InChI is InChI=1S/C18H21NO2S/c1-11-16(15-13(20)9-18(2,3)10-14(15)21)19-17(22-11)12-7-5-4-6-8-12/h4-8,11,16,20H,9-10H2,1-3H3. The third-order valence-corrected chi connectivity index (χ3v) is 5.41. The van der Waals surface area contributed by atoms with Crippen LogP contribution in [0.1, 0.15) is 39.2 Å². The first-order chi connectivity index (χ1) is 10.4. The fourth-order valence-corrected chi connectivity index (χ4v) is 4.29. The van der Waals surface area contributed by atoms with Crippen LogP contribution in [0.15, 0.2) is 46.7 Å². The van der Waals surface area contributed by atoms with E-state index in [1.165, 1.54) is 0 Å². The molecule has 4 heteroatoms. The van der Waals surface area contributed by atoms with Gasteiger partial charge in [0.05, 0.1) is 16.7 Å². The van der Waals surface area contributed by atoms with Crippen molar-refractivity contribution in [1.82, 2.24) is 0 Å². The van der Waals surface area contributed by atoms with E-state index in [0.717, 1.165) is 10.6 Å². The normalized spacial score (nSPS) is 28.0. The van der Waals surface area contributed by atoms with Gasteiger partial charge < -0.3 is 5.11 Å². The molecule has 1 aliphatic heterocycles. The summed E-state index contributed by atoms with van der Waals surface area (Å²) >= 11 is 1.68. The Hall–Kier alpha value is -1.55. The maximum Gasteiger partial charge on any atom is 0.164 e. The minimum atomic E-state index is -0.233. The molecular formula is C18H21NO2S. The number of Topliss-reactive ketones (excluding diaryl/α,β-unsaturated/α-hetero) is 1. The van der Waals surface area contributed by atoms with E-state index in [0.29, 0.717) is 18.4 Å². The molecule has 3 nitrogen and oxygen atoms in total. The van der Waals surface area contributed by atoms with Crippen LogP contribution < -0.4 is 0 Å². The highest BCUT2D eigenvalue weighted by Gasteiger charge is 2.40. The van der Waals surface area contributed by atoms with Crippen LogP contribution in [0.25, 0.3) is 0 Å². The predicted molar refractivity (Wildman–Crippen MR) is 91.5 cm³/mol. The molecule has 0 amide bonds. The number of allylic oxidation sites excluding steroid dienone is 1. The molecule has 1 heterocycles. The fraction of sp³-hybridized carbons (Fsp3) is 0.444. The molecule has 0 saturated heterocycles. The molecule has 1 aliphatic carbocycles. The zero-order valence-electron chi connectivity index (χ0n) is 13.2. The molecule has 0 spiro atoms. The molecule has 3 rings (SSSR count). The molecule has 0 bridgehead atoms. The quantitative estimate of drug-likeness (QED) is 0.892. The molecular weight excluding hydrogens is 294 g/mol. The first-order valence-electron chi connectivity index (χ1n) is 7.62. The van der Waals surface area contributed by atoms with E-state index in [2.05, 4.69) is 6.92 Å². The summed E-state index contributed by atoms with van der Waals surface area (Å²) in [6, 6.07) is 9.78. The minimum Gasteiger partial charge on any atom is -0.512 e. The predicted octanol–water partition coefficient (Wildman–Crippen LogP) is 4.14. The fourth-order valence-electron chi connectivity index (χ4n) is 3.16. The molecule has 2 atom stereocenters. The second-order valence-electron chi connectivity index (χ2n) is 6.87. The van der Waals surface area contributed by atoms with Gasteiger partial charge in [-0.3, -0.25) is 9.79 Å². The molecule has 1 N–H and O–H groups in total. The van der Waals surface area contributed by atoms with Gasteiger partial charge in [0.15, 0.2) is 5.78 Å². The van der Waals surface area contributed by atoms with Crippen LogP contribution in [0, 0.1) is 5.41 Å². The van der Waals surface area contributed by atoms with E-state index >= 15 is 0 Å². The molecule has 2 unspecified atom stereocenters. The van der Waals surface area contributed by atoms with Crippen LogP contribution in [0.5, 0.6) is 0 Å². The summed E-state index contributed by atoms with van der Waals surface area (Å²) in [6.07, 6.45) is 1.04. The highest BCUT2D eigenvalue weighted by atomic mass is 32.2. The Bertz CT molecular complexity index is 661. The maximum absolute atomic E-state index is 12.5. The number of carbonyl (C=O) groups excluding carboxylic acids is 1. The Labute approximate surface area is 135 Å². The highest BCUT2D eigenvalue weighted by Crippen LogP contribution is 2.41. The van der Waals surface area contributed by atoms with E-state index in [1.807, 2.05) is 44.2 Å². The lowest BCUT2D eigenvalue weighted by Gasteiger charge is -2.31. The van der Waals surface area contributed by atoms with Crippen molar-refractivity contribution in [3.8, 4) is 0 Å². The van der Waals surface area contributed by atoms with Crippen molar-refractivity contribution < 1.29 is 9.90 Å². The Balaban J connectivity index is 1.95. The van der Waals surface area contributed by atoms with Crippen molar-refractivity contribution >= 4 is 22.6 Å². The number of aliphatic hydroxyl groups excluding tert-OH is 1. The van der Waals surface area contributed by atoms with Gasteiger partial charge in [0.25, 0.3) is 0 Å². The first kappa shape index (κ1) is 15.3. The summed E-state index contributed by atoms with van der Waals surface area (Å²) in [4.78, 5) is 17.3. The lowest BCUT2D eigenvalue weighted by atomic mass is 9.75. The topological polar surface area (TPSA) is 49.7 Å². The number of aliphatic hydroxyl groups is 1.